The van der Waals surface area contributed by atoms with E-state index in [1.54, 1.807) is 0 Å². The second-order valence-corrected chi connectivity index (χ2v) is 10.3. The minimum Gasteiger partial charge on any atom is -0.350 e. The summed E-state index contributed by atoms with van der Waals surface area (Å²) in [4.78, 5) is 15.0. The number of benzene rings is 3. The number of amides is 1. The zero-order chi connectivity index (χ0) is 24.1. The van der Waals surface area contributed by atoms with E-state index in [0.717, 1.165) is 23.3 Å². The quantitative estimate of drug-likeness (QED) is 0.534. The molecule has 0 spiro atoms. The Kier molecular flexibility index (Phi) is 7.63. The first-order valence-electron chi connectivity index (χ1n) is 10.9. The van der Waals surface area contributed by atoms with Crippen LogP contribution in [0, 0.1) is 5.82 Å². The number of sulfonamides is 1. The molecule has 9 heteroatoms. The van der Waals surface area contributed by atoms with E-state index in [-0.39, 0.29) is 28.9 Å². The van der Waals surface area contributed by atoms with Gasteiger partial charge in [0.05, 0.1) is 5.02 Å². The molecule has 0 aliphatic carbocycles. The van der Waals surface area contributed by atoms with Crippen LogP contribution in [0.15, 0.2) is 83.8 Å². The van der Waals surface area contributed by atoms with Crippen LogP contribution >= 0.6 is 11.6 Å². The van der Waals surface area contributed by atoms with Crippen LogP contribution in [0.2, 0.25) is 5.02 Å². The van der Waals surface area contributed by atoms with Crippen molar-refractivity contribution < 1.29 is 17.6 Å². The first-order valence-corrected chi connectivity index (χ1v) is 12.7. The molecule has 1 atom stereocenters. The zero-order valence-electron chi connectivity index (χ0n) is 18.4. The Labute approximate surface area is 204 Å². The normalized spacial score (nSPS) is 16.2. The van der Waals surface area contributed by atoms with Crippen LogP contribution in [0.1, 0.15) is 17.2 Å². The van der Waals surface area contributed by atoms with Crippen molar-refractivity contribution in [2.45, 2.75) is 17.5 Å². The van der Waals surface area contributed by atoms with Gasteiger partial charge in [-0.1, -0.05) is 72.3 Å². The maximum absolute atomic E-state index is 13.7. The number of piperazine rings is 1. The molecule has 3 aromatic carbocycles. The molecule has 1 heterocycles. The lowest BCUT2D eigenvalue weighted by molar-refractivity contribution is -0.127. The third kappa shape index (κ3) is 5.47. The van der Waals surface area contributed by atoms with Crippen LogP contribution in [0.3, 0.4) is 0 Å². The number of halogens is 2. The van der Waals surface area contributed by atoms with Gasteiger partial charge in [0, 0.05) is 32.7 Å². The minimum absolute atomic E-state index is 0.0220. The third-order valence-electron chi connectivity index (χ3n) is 5.82. The van der Waals surface area contributed by atoms with Gasteiger partial charge in [-0.3, -0.25) is 9.69 Å². The monoisotopic (exact) mass is 501 g/mol. The summed E-state index contributed by atoms with van der Waals surface area (Å²) < 4.78 is 41.1. The van der Waals surface area contributed by atoms with Gasteiger partial charge in [0.15, 0.2) is 0 Å². The molecule has 1 saturated heterocycles. The lowest BCUT2D eigenvalue weighted by atomic mass is 10.0. The fraction of sp³-hybridized carbons (Fsp3) is 0.240. The molecule has 0 radical (unpaired) electrons. The first-order chi connectivity index (χ1) is 16.4. The topological polar surface area (TPSA) is 69.7 Å². The molecular weight excluding hydrogens is 477 g/mol. The largest absolute Gasteiger partial charge is 0.350 e. The van der Waals surface area contributed by atoms with Gasteiger partial charge in [-0.05, 0) is 29.3 Å². The summed E-state index contributed by atoms with van der Waals surface area (Å²) in [6.45, 7) is 1.39. The van der Waals surface area contributed by atoms with Crippen LogP contribution < -0.4 is 5.32 Å². The van der Waals surface area contributed by atoms with E-state index in [9.17, 15) is 17.6 Å². The Hall–Kier alpha value is -2.78. The maximum Gasteiger partial charge on any atom is 0.244 e. The molecule has 1 amide bonds. The minimum atomic E-state index is -3.96. The van der Waals surface area contributed by atoms with E-state index in [1.807, 2.05) is 65.6 Å². The van der Waals surface area contributed by atoms with Crippen LogP contribution in [0.5, 0.6) is 0 Å². The van der Waals surface area contributed by atoms with Crippen LogP contribution in [-0.2, 0) is 21.4 Å². The second-order valence-electron chi connectivity index (χ2n) is 8.03. The fourth-order valence-corrected chi connectivity index (χ4v) is 5.97. The molecular formula is C25H25ClFN3O3S. The predicted octanol–water partition coefficient (Wildman–Crippen LogP) is 3.84. The lowest BCUT2D eigenvalue weighted by Gasteiger charge is -2.38. The van der Waals surface area contributed by atoms with Crippen molar-refractivity contribution in [2.24, 2.45) is 0 Å². The number of carbonyl (C=O) groups excluding carboxylic acids is 1. The van der Waals surface area contributed by atoms with Gasteiger partial charge < -0.3 is 5.32 Å². The smallest absolute Gasteiger partial charge is 0.244 e. The van der Waals surface area contributed by atoms with Crippen molar-refractivity contribution in [3.8, 4) is 0 Å². The molecule has 3 aromatic rings. The zero-order valence-corrected chi connectivity index (χ0v) is 20.0. The van der Waals surface area contributed by atoms with Crippen LogP contribution in [0.4, 0.5) is 4.39 Å². The van der Waals surface area contributed by atoms with Crippen molar-refractivity contribution in [1.29, 1.82) is 0 Å². The van der Waals surface area contributed by atoms with Crippen molar-refractivity contribution in [1.82, 2.24) is 14.5 Å². The van der Waals surface area contributed by atoms with Gasteiger partial charge in [0.1, 0.15) is 16.8 Å². The summed E-state index contributed by atoms with van der Waals surface area (Å²) in [6, 6.07) is 21.8. The van der Waals surface area contributed by atoms with E-state index in [4.69, 9.17) is 11.6 Å². The molecule has 178 valence electrons. The van der Waals surface area contributed by atoms with E-state index >= 15 is 0 Å². The van der Waals surface area contributed by atoms with Gasteiger partial charge in [-0.25, -0.2) is 12.8 Å². The molecule has 0 unspecified atom stereocenters. The molecule has 34 heavy (non-hydrogen) atoms. The van der Waals surface area contributed by atoms with E-state index < -0.39 is 21.9 Å². The molecule has 1 N–H and O–H groups in total. The first kappa shape index (κ1) is 24.3. The lowest BCUT2D eigenvalue weighted by Crippen LogP contribution is -2.52. The molecule has 0 saturated carbocycles. The van der Waals surface area contributed by atoms with Gasteiger partial charge in [-0.2, -0.15) is 4.31 Å². The standard InChI is InChI=1S/C25H25ClFN3O3S/c26-22-12-11-21(27)17-23(22)34(32,33)30-15-13-29(14-16-30)24(20-9-5-2-6-10-20)25(31)28-18-19-7-3-1-4-8-19/h1-12,17,24H,13-16,18H2,(H,28,31)/t24-/m0/s1. The van der Waals surface area contributed by atoms with Crippen molar-refractivity contribution >= 4 is 27.5 Å². The third-order valence-corrected chi connectivity index (χ3v) is 8.20. The highest BCUT2D eigenvalue weighted by atomic mass is 35.5. The molecule has 4 rings (SSSR count). The Balaban J connectivity index is 1.49. The summed E-state index contributed by atoms with van der Waals surface area (Å²) in [5.74, 6) is -0.819. The molecule has 1 aliphatic rings. The Morgan fingerprint density at radius 1 is 0.941 bits per heavy atom. The van der Waals surface area contributed by atoms with Gasteiger partial charge in [0.25, 0.3) is 0 Å². The molecule has 1 fully saturated rings. The molecule has 6 nitrogen and oxygen atoms in total. The van der Waals surface area contributed by atoms with E-state index in [0.29, 0.717) is 19.6 Å². The van der Waals surface area contributed by atoms with E-state index in [1.165, 1.54) is 10.4 Å². The predicted molar refractivity (Wildman–Crippen MR) is 129 cm³/mol. The van der Waals surface area contributed by atoms with Crippen molar-refractivity contribution in [3.05, 3.63) is 101 Å². The molecule has 0 aromatic heterocycles. The number of nitrogens with one attached hydrogen (secondary N) is 1. The number of hydrogen-bond acceptors (Lipinski definition) is 4. The molecule has 1 aliphatic heterocycles. The van der Waals surface area contributed by atoms with Crippen molar-refractivity contribution in [3.63, 3.8) is 0 Å². The summed E-state index contributed by atoms with van der Waals surface area (Å²) in [7, 11) is -3.96. The Morgan fingerprint density at radius 3 is 2.21 bits per heavy atom. The van der Waals surface area contributed by atoms with Crippen molar-refractivity contribution in [2.75, 3.05) is 26.2 Å². The number of rotatable bonds is 7. The summed E-state index contributed by atoms with van der Waals surface area (Å²) in [5.41, 5.74) is 1.82. The maximum atomic E-state index is 13.7. The number of carbonyl (C=O) groups is 1. The number of hydrogen-bond donors (Lipinski definition) is 1. The highest BCUT2D eigenvalue weighted by molar-refractivity contribution is 7.89. The number of nitrogens with zero attached hydrogens (tertiary/aromatic N) is 2. The Bertz CT molecular complexity index is 1230. The fourth-order valence-electron chi connectivity index (χ4n) is 4.06. The average Bonchev–Trinajstić information content (AvgIpc) is 2.86. The van der Waals surface area contributed by atoms with Crippen LogP contribution in [-0.4, -0.2) is 49.7 Å². The Morgan fingerprint density at radius 2 is 1.56 bits per heavy atom. The van der Waals surface area contributed by atoms with Gasteiger partial charge in [0.2, 0.25) is 15.9 Å². The summed E-state index contributed by atoms with van der Waals surface area (Å²) in [5, 5.41) is 2.98. The molecule has 0 bridgehead atoms. The van der Waals surface area contributed by atoms with Crippen LogP contribution in [0.25, 0.3) is 0 Å². The highest BCUT2D eigenvalue weighted by Crippen LogP contribution is 2.28. The average molecular weight is 502 g/mol. The summed E-state index contributed by atoms with van der Waals surface area (Å²) in [6.07, 6.45) is 0. The van der Waals surface area contributed by atoms with E-state index in [2.05, 4.69) is 5.32 Å². The SMILES string of the molecule is O=C(NCc1ccccc1)[C@H](c1ccccc1)N1CCN(S(=O)(=O)c2cc(F)ccc2Cl)CC1. The highest BCUT2D eigenvalue weighted by Gasteiger charge is 2.35. The second kappa shape index (κ2) is 10.7. The summed E-state index contributed by atoms with van der Waals surface area (Å²) >= 11 is 6.05. The van der Waals surface area contributed by atoms with Gasteiger partial charge >= 0.3 is 0 Å². The van der Waals surface area contributed by atoms with Gasteiger partial charge in [-0.15, -0.1) is 0 Å².